The smallest absolute Gasteiger partial charge is 0.410 e. The Morgan fingerprint density at radius 3 is 2.22 bits per heavy atom. The Bertz CT molecular complexity index is 1350. The molecular weight excluding hydrogens is 508 g/mol. The molecule has 196 valence electrons. The number of carbonyl (C=O) groups is 1. The van der Waals surface area contributed by atoms with E-state index in [0.717, 1.165) is 12.3 Å². The van der Waals surface area contributed by atoms with Gasteiger partial charge in [-0.25, -0.2) is 14.8 Å². The second-order valence-electron chi connectivity index (χ2n) is 8.22. The van der Waals surface area contributed by atoms with Crippen LogP contribution in [0.3, 0.4) is 0 Å². The average Bonchev–Trinajstić information content (AvgIpc) is 2.84. The van der Waals surface area contributed by atoms with Crippen LogP contribution in [0.5, 0.6) is 5.75 Å². The van der Waals surface area contributed by atoms with E-state index in [1.807, 2.05) is 0 Å². The van der Waals surface area contributed by atoms with Gasteiger partial charge < -0.3 is 19.5 Å². The lowest BCUT2D eigenvalue weighted by atomic mass is 10.0. The topological polar surface area (TPSA) is 91.4 Å². The standard InChI is InChI=1S/C23H19F6N5O3/c1-13-2-3-16(9-17(13)14-8-18(23(27,28)29)19(35)30-10-14)37-21(36)34-6-4-33(5-7-34)20-31-11-15(12-32-20)22(24,25)26/h2-3,8-12H,4-7H2,1H3,(H,30,35). The SMILES string of the molecule is Cc1ccc(OC(=O)N2CCN(c3ncc(C(F)(F)F)cn3)CC2)cc1-c1c[nH]c(=O)c(C(F)(F)F)c1. The number of anilines is 1. The van der Waals surface area contributed by atoms with Crippen LogP contribution in [0, 0.1) is 6.92 Å². The van der Waals surface area contributed by atoms with E-state index in [1.165, 1.54) is 17.0 Å². The number of amides is 1. The molecule has 1 saturated heterocycles. The van der Waals surface area contributed by atoms with Crippen LogP contribution in [-0.2, 0) is 12.4 Å². The van der Waals surface area contributed by atoms with Crippen molar-refractivity contribution in [2.24, 2.45) is 0 Å². The second kappa shape index (κ2) is 9.75. The van der Waals surface area contributed by atoms with Crippen molar-refractivity contribution >= 4 is 12.0 Å². The van der Waals surface area contributed by atoms with Gasteiger partial charge in [0.25, 0.3) is 5.56 Å². The first-order chi connectivity index (χ1) is 17.3. The molecule has 1 aliphatic rings. The third-order valence-electron chi connectivity index (χ3n) is 5.72. The molecular formula is C23H19F6N5O3. The number of hydrogen-bond donors (Lipinski definition) is 1. The van der Waals surface area contributed by atoms with Crippen LogP contribution < -0.4 is 15.2 Å². The van der Waals surface area contributed by atoms with Gasteiger partial charge in [0.2, 0.25) is 5.95 Å². The summed E-state index contributed by atoms with van der Waals surface area (Å²) >= 11 is 0. The Kier molecular flexibility index (Phi) is 6.84. The lowest BCUT2D eigenvalue weighted by Gasteiger charge is -2.34. The van der Waals surface area contributed by atoms with Gasteiger partial charge in [0, 0.05) is 44.8 Å². The zero-order valence-corrected chi connectivity index (χ0v) is 19.2. The number of pyridine rings is 1. The Balaban J connectivity index is 1.43. The van der Waals surface area contributed by atoms with Gasteiger partial charge in [-0.3, -0.25) is 4.79 Å². The highest BCUT2D eigenvalue weighted by Crippen LogP contribution is 2.32. The molecule has 1 fully saturated rings. The first-order valence-electron chi connectivity index (χ1n) is 10.8. The van der Waals surface area contributed by atoms with E-state index in [9.17, 15) is 35.9 Å². The largest absolute Gasteiger partial charge is 0.421 e. The van der Waals surface area contributed by atoms with E-state index in [-0.39, 0.29) is 43.4 Å². The van der Waals surface area contributed by atoms with Gasteiger partial charge in [-0.2, -0.15) is 26.3 Å². The Morgan fingerprint density at radius 1 is 0.973 bits per heavy atom. The fourth-order valence-corrected chi connectivity index (χ4v) is 3.71. The molecule has 3 aromatic rings. The predicted molar refractivity (Wildman–Crippen MR) is 119 cm³/mol. The summed E-state index contributed by atoms with van der Waals surface area (Å²) in [7, 11) is 0. The van der Waals surface area contributed by atoms with Gasteiger partial charge in [-0.15, -0.1) is 0 Å². The molecule has 37 heavy (non-hydrogen) atoms. The number of piperazine rings is 1. The molecule has 1 aliphatic heterocycles. The maximum atomic E-state index is 13.2. The predicted octanol–water partition coefficient (Wildman–Crippen LogP) is 4.50. The van der Waals surface area contributed by atoms with Gasteiger partial charge in [-0.05, 0) is 41.8 Å². The van der Waals surface area contributed by atoms with E-state index >= 15 is 0 Å². The summed E-state index contributed by atoms with van der Waals surface area (Å²) in [5.41, 5.74) is -2.57. The molecule has 8 nitrogen and oxygen atoms in total. The third-order valence-corrected chi connectivity index (χ3v) is 5.72. The van der Waals surface area contributed by atoms with Crippen molar-refractivity contribution in [2.45, 2.75) is 19.3 Å². The lowest BCUT2D eigenvalue weighted by Crippen LogP contribution is -2.50. The van der Waals surface area contributed by atoms with Crippen molar-refractivity contribution in [1.82, 2.24) is 19.9 Å². The first-order valence-corrected chi connectivity index (χ1v) is 10.8. The van der Waals surface area contributed by atoms with Crippen molar-refractivity contribution in [3.05, 3.63) is 69.9 Å². The molecule has 0 spiro atoms. The van der Waals surface area contributed by atoms with Crippen LogP contribution in [0.1, 0.15) is 16.7 Å². The van der Waals surface area contributed by atoms with Crippen LogP contribution in [0.4, 0.5) is 37.1 Å². The number of benzene rings is 1. The quantitative estimate of drug-likeness (QED) is 0.505. The third kappa shape index (κ3) is 5.84. The molecule has 0 aliphatic carbocycles. The minimum absolute atomic E-state index is 0.0823. The number of aromatic amines is 1. The Hall–Kier alpha value is -4.10. The second-order valence-corrected chi connectivity index (χ2v) is 8.22. The number of ether oxygens (including phenoxy) is 1. The van der Waals surface area contributed by atoms with Gasteiger partial charge in [0.15, 0.2) is 0 Å². The van der Waals surface area contributed by atoms with E-state index in [0.29, 0.717) is 23.5 Å². The van der Waals surface area contributed by atoms with Gasteiger partial charge in [0.1, 0.15) is 11.3 Å². The van der Waals surface area contributed by atoms with E-state index in [2.05, 4.69) is 15.0 Å². The summed E-state index contributed by atoms with van der Waals surface area (Å²) in [5.74, 6) is 0.183. The maximum Gasteiger partial charge on any atom is 0.421 e. The van der Waals surface area contributed by atoms with Crippen molar-refractivity contribution in [3.8, 4) is 16.9 Å². The molecule has 0 radical (unpaired) electrons. The zero-order chi connectivity index (χ0) is 27.0. The lowest BCUT2D eigenvalue weighted by molar-refractivity contribution is -0.139. The number of aromatic nitrogens is 3. The highest BCUT2D eigenvalue weighted by molar-refractivity contribution is 5.74. The Morgan fingerprint density at radius 2 is 1.62 bits per heavy atom. The Labute approximate surface area is 205 Å². The summed E-state index contributed by atoms with van der Waals surface area (Å²) in [6.07, 6.45) is -7.56. The van der Waals surface area contributed by atoms with Crippen LogP contribution in [0.2, 0.25) is 0 Å². The van der Waals surface area contributed by atoms with Crippen LogP contribution in [0.25, 0.3) is 11.1 Å². The molecule has 2 aromatic heterocycles. The number of hydrogen-bond acceptors (Lipinski definition) is 6. The van der Waals surface area contributed by atoms with Crippen LogP contribution in [0.15, 0.2) is 47.7 Å². The highest BCUT2D eigenvalue weighted by Gasteiger charge is 2.34. The molecule has 0 atom stereocenters. The normalized spacial score (nSPS) is 14.6. The van der Waals surface area contributed by atoms with Crippen molar-refractivity contribution in [1.29, 1.82) is 0 Å². The number of carbonyl (C=O) groups excluding carboxylic acids is 1. The monoisotopic (exact) mass is 527 g/mol. The molecule has 0 unspecified atom stereocenters. The molecule has 3 heterocycles. The molecule has 1 amide bonds. The maximum absolute atomic E-state index is 13.2. The fourth-order valence-electron chi connectivity index (χ4n) is 3.71. The minimum atomic E-state index is -4.84. The van der Waals surface area contributed by atoms with Crippen LogP contribution >= 0.6 is 0 Å². The summed E-state index contributed by atoms with van der Waals surface area (Å²) in [6.45, 7) is 2.50. The van der Waals surface area contributed by atoms with Crippen molar-refractivity contribution < 1.29 is 35.9 Å². The molecule has 1 aromatic carbocycles. The molecule has 14 heteroatoms. The van der Waals surface area contributed by atoms with E-state index < -0.39 is 35.1 Å². The first kappa shape index (κ1) is 26.0. The number of rotatable bonds is 3. The number of nitrogens with zero attached hydrogens (tertiary/aromatic N) is 4. The minimum Gasteiger partial charge on any atom is -0.410 e. The van der Waals surface area contributed by atoms with Crippen molar-refractivity contribution in [3.63, 3.8) is 0 Å². The van der Waals surface area contributed by atoms with Crippen molar-refractivity contribution in [2.75, 3.05) is 31.1 Å². The number of H-pyrrole nitrogens is 1. The summed E-state index contributed by atoms with van der Waals surface area (Å²) in [6, 6.07) is 5.18. The fraction of sp³-hybridized carbons (Fsp3) is 0.304. The zero-order valence-electron chi connectivity index (χ0n) is 19.2. The highest BCUT2D eigenvalue weighted by atomic mass is 19.4. The van der Waals surface area contributed by atoms with Gasteiger partial charge >= 0.3 is 18.4 Å². The summed E-state index contributed by atoms with van der Waals surface area (Å²) in [5, 5.41) is 0. The molecule has 1 N–H and O–H groups in total. The van der Waals surface area contributed by atoms with E-state index in [1.54, 1.807) is 17.9 Å². The molecule has 0 saturated carbocycles. The number of halogens is 6. The summed E-state index contributed by atoms with van der Waals surface area (Å²) < 4.78 is 82.9. The number of nitrogens with one attached hydrogen (secondary N) is 1. The molecule has 0 bridgehead atoms. The molecule has 4 rings (SSSR count). The van der Waals surface area contributed by atoms with Gasteiger partial charge in [0.05, 0.1) is 5.56 Å². The number of aryl methyl sites for hydroxylation is 1. The van der Waals surface area contributed by atoms with E-state index in [4.69, 9.17) is 4.74 Å². The van der Waals surface area contributed by atoms with Crippen LogP contribution in [-0.4, -0.2) is 52.1 Å². The number of alkyl halides is 6. The summed E-state index contributed by atoms with van der Waals surface area (Å²) in [4.78, 5) is 36.8. The van der Waals surface area contributed by atoms with Gasteiger partial charge in [-0.1, -0.05) is 6.07 Å². The average molecular weight is 527 g/mol.